The van der Waals surface area contributed by atoms with Gasteiger partial charge >= 0.3 is 0 Å². The molecule has 8 heteroatoms. The molecular formula is C27H30ClN3O4. The molecule has 184 valence electrons. The zero-order valence-electron chi connectivity index (χ0n) is 20.2. The van der Waals surface area contributed by atoms with Gasteiger partial charge in [-0.15, -0.1) is 0 Å². The van der Waals surface area contributed by atoms with E-state index < -0.39 is 0 Å². The predicted octanol–water partition coefficient (Wildman–Crippen LogP) is 4.78. The summed E-state index contributed by atoms with van der Waals surface area (Å²) >= 11 is 6.22. The Bertz CT molecular complexity index is 1140. The molecule has 1 aliphatic heterocycles. The second-order valence-corrected chi connectivity index (χ2v) is 8.48. The van der Waals surface area contributed by atoms with Crippen molar-refractivity contribution in [2.24, 2.45) is 10.9 Å². The van der Waals surface area contributed by atoms with Crippen molar-refractivity contribution in [1.29, 1.82) is 0 Å². The Kier molecular flexibility index (Phi) is 9.09. The number of nitrogens with zero attached hydrogens (tertiary/aromatic N) is 2. The van der Waals surface area contributed by atoms with E-state index in [0.717, 1.165) is 5.57 Å². The highest BCUT2D eigenvalue weighted by Crippen LogP contribution is 2.30. The summed E-state index contributed by atoms with van der Waals surface area (Å²) < 4.78 is 10.6. The molecule has 0 radical (unpaired) electrons. The number of carbonyl (C=O) groups is 2. The van der Waals surface area contributed by atoms with Crippen LogP contribution < -0.4 is 14.8 Å². The fourth-order valence-corrected chi connectivity index (χ4v) is 4.30. The lowest BCUT2D eigenvalue weighted by Crippen LogP contribution is -2.52. The first-order valence-corrected chi connectivity index (χ1v) is 11.7. The molecule has 1 N–H and O–H groups in total. The molecule has 2 aromatic rings. The molecule has 0 bridgehead atoms. The van der Waals surface area contributed by atoms with Gasteiger partial charge < -0.3 is 19.7 Å². The van der Waals surface area contributed by atoms with Gasteiger partial charge in [-0.3, -0.25) is 14.6 Å². The van der Waals surface area contributed by atoms with E-state index in [9.17, 15) is 9.59 Å². The Morgan fingerprint density at radius 3 is 2.60 bits per heavy atom. The van der Waals surface area contributed by atoms with Crippen LogP contribution >= 0.6 is 11.6 Å². The van der Waals surface area contributed by atoms with E-state index in [2.05, 4.69) is 16.9 Å². The summed E-state index contributed by atoms with van der Waals surface area (Å²) in [5.74, 6) is 0.450. The molecule has 0 aromatic heterocycles. The van der Waals surface area contributed by atoms with Crippen LogP contribution in [0.15, 0.2) is 71.9 Å². The van der Waals surface area contributed by atoms with E-state index in [1.807, 2.05) is 13.0 Å². The summed E-state index contributed by atoms with van der Waals surface area (Å²) in [6, 6.07) is 11.8. The minimum atomic E-state index is -0.256. The molecule has 1 heterocycles. The fourth-order valence-electron chi connectivity index (χ4n) is 4.08. The number of methoxy groups -OCH3 is 2. The summed E-state index contributed by atoms with van der Waals surface area (Å²) in [7, 11) is 3.08. The second kappa shape index (κ2) is 12.2. The largest absolute Gasteiger partial charge is 0.493 e. The number of nitrogens with one attached hydrogen (secondary N) is 1. The first kappa shape index (κ1) is 26.0. The van der Waals surface area contributed by atoms with Crippen LogP contribution in [0.5, 0.6) is 11.5 Å². The third kappa shape index (κ3) is 6.31. The van der Waals surface area contributed by atoms with Gasteiger partial charge in [0.15, 0.2) is 11.5 Å². The van der Waals surface area contributed by atoms with Crippen LogP contribution in [-0.2, 0) is 0 Å². The normalized spacial score (nSPS) is 18.0. The molecule has 2 atom stereocenters. The van der Waals surface area contributed by atoms with Crippen LogP contribution in [0.25, 0.3) is 0 Å². The second-order valence-electron chi connectivity index (χ2n) is 8.07. The molecular weight excluding hydrogens is 466 g/mol. The minimum Gasteiger partial charge on any atom is -0.493 e. The van der Waals surface area contributed by atoms with Crippen molar-refractivity contribution < 1.29 is 19.1 Å². The van der Waals surface area contributed by atoms with Gasteiger partial charge in [0.1, 0.15) is 0 Å². The summed E-state index contributed by atoms with van der Waals surface area (Å²) in [5, 5.41) is 3.49. The number of benzene rings is 2. The van der Waals surface area contributed by atoms with Crippen molar-refractivity contribution in [3.05, 3.63) is 83.0 Å². The number of aliphatic imine (C=N–C) groups is 1. The van der Waals surface area contributed by atoms with E-state index in [-0.39, 0.29) is 23.8 Å². The minimum absolute atomic E-state index is 0.129. The highest BCUT2D eigenvalue weighted by molar-refractivity contribution is 6.33. The smallest absolute Gasteiger partial charge is 0.254 e. The highest BCUT2D eigenvalue weighted by atomic mass is 35.5. The summed E-state index contributed by atoms with van der Waals surface area (Å²) in [5.41, 5.74) is 1.68. The maximum absolute atomic E-state index is 13.3. The van der Waals surface area contributed by atoms with E-state index in [4.69, 9.17) is 21.1 Å². The molecule has 0 unspecified atom stereocenters. The van der Waals surface area contributed by atoms with Crippen molar-refractivity contribution in [1.82, 2.24) is 10.2 Å². The molecule has 3 rings (SSSR count). The number of hydrogen-bond acceptors (Lipinski definition) is 5. The first-order valence-electron chi connectivity index (χ1n) is 11.3. The fraction of sp³-hybridized carbons (Fsp3) is 0.296. The van der Waals surface area contributed by atoms with Crippen molar-refractivity contribution in [2.75, 3.05) is 27.3 Å². The number of piperidine rings is 1. The average Bonchev–Trinajstić information content (AvgIpc) is 2.88. The van der Waals surface area contributed by atoms with E-state index >= 15 is 0 Å². The number of likely N-dealkylation sites (tertiary alicyclic amines) is 1. The topological polar surface area (TPSA) is 80.2 Å². The lowest BCUT2D eigenvalue weighted by molar-refractivity contribution is 0.0648. The summed E-state index contributed by atoms with van der Waals surface area (Å²) in [6.07, 6.45) is 5.70. The van der Waals surface area contributed by atoms with Gasteiger partial charge in [0.2, 0.25) is 0 Å². The number of hydrogen-bond donors (Lipinski definition) is 1. The first-order chi connectivity index (χ1) is 16.9. The number of ether oxygens (including phenoxy) is 2. The molecule has 0 spiro atoms. The SMILES string of the molecule is C=C(/C=C\N=CC)[C@@H]1CN(C(=O)c2ccc(OC)c(OC)c2)CC[C@@H]1NC(=O)c1ccccc1Cl. The molecule has 7 nitrogen and oxygen atoms in total. The third-order valence-electron chi connectivity index (χ3n) is 5.97. The van der Waals surface area contributed by atoms with Gasteiger partial charge in [-0.25, -0.2) is 0 Å². The maximum atomic E-state index is 13.3. The van der Waals surface area contributed by atoms with Crippen molar-refractivity contribution >= 4 is 29.6 Å². The van der Waals surface area contributed by atoms with Crippen LogP contribution in [0.3, 0.4) is 0 Å². The lowest BCUT2D eigenvalue weighted by Gasteiger charge is -2.39. The van der Waals surface area contributed by atoms with Crippen LogP contribution in [0, 0.1) is 5.92 Å². The Morgan fingerprint density at radius 2 is 1.91 bits per heavy atom. The monoisotopic (exact) mass is 495 g/mol. The van der Waals surface area contributed by atoms with Crippen LogP contribution in [0.1, 0.15) is 34.1 Å². The third-order valence-corrected chi connectivity index (χ3v) is 6.30. The van der Waals surface area contributed by atoms with Gasteiger partial charge in [0, 0.05) is 43.0 Å². The Morgan fingerprint density at radius 1 is 1.17 bits per heavy atom. The molecule has 1 aliphatic rings. The molecule has 2 amide bonds. The predicted molar refractivity (Wildman–Crippen MR) is 139 cm³/mol. The van der Waals surface area contributed by atoms with Gasteiger partial charge in [0.25, 0.3) is 11.8 Å². The van der Waals surface area contributed by atoms with Crippen molar-refractivity contribution in [3.8, 4) is 11.5 Å². The highest BCUT2D eigenvalue weighted by Gasteiger charge is 2.34. The van der Waals surface area contributed by atoms with E-state index in [1.54, 1.807) is 66.9 Å². The Labute approximate surface area is 211 Å². The summed E-state index contributed by atoms with van der Waals surface area (Å²) in [4.78, 5) is 32.2. The summed E-state index contributed by atoms with van der Waals surface area (Å²) in [6.45, 7) is 6.89. The maximum Gasteiger partial charge on any atom is 0.254 e. The van der Waals surface area contributed by atoms with Crippen LogP contribution in [0.2, 0.25) is 5.02 Å². The lowest BCUT2D eigenvalue weighted by atomic mass is 9.85. The van der Waals surface area contributed by atoms with Gasteiger partial charge in [-0.2, -0.15) is 0 Å². The number of amides is 2. The Hall–Kier alpha value is -3.58. The van der Waals surface area contributed by atoms with Gasteiger partial charge in [-0.1, -0.05) is 30.3 Å². The van der Waals surface area contributed by atoms with E-state index in [0.29, 0.717) is 47.2 Å². The van der Waals surface area contributed by atoms with Gasteiger partial charge in [-0.05, 0) is 55.3 Å². The number of carbonyl (C=O) groups excluding carboxylic acids is 2. The van der Waals surface area contributed by atoms with Crippen LogP contribution in [-0.4, -0.2) is 56.3 Å². The zero-order valence-corrected chi connectivity index (χ0v) is 20.9. The standard InChI is InChI=1S/C27H30ClN3O4/c1-5-29-14-12-18(2)21-17-31(27(33)19-10-11-24(34-3)25(16-19)35-4)15-13-23(21)30-26(32)20-8-6-7-9-22(20)28/h5-12,14,16,21,23H,2,13,15,17H2,1,3-4H3,(H,30,32)/b14-12-,29-5?/t21-,23-/m0/s1. The Balaban J connectivity index is 1.82. The zero-order chi connectivity index (χ0) is 25.4. The van der Waals surface area contributed by atoms with Crippen molar-refractivity contribution in [3.63, 3.8) is 0 Å². The molecule has 2 aromatic carbocycles. The van der Waals surface area contributed by atoms with Crippen molar-refractivity contribution in [2.45, 2.75) is 19.4 Å². The van der Waals surface area contributed by atoms with E-state index in [1.165, 1.54) is 7.11 Å². The number of allylic oxidation sites excluding steroid dienone is 1. The molecule has 1 fully saturated rings. The number of rotatable bonds is 8. The molecule has 0 aliphatic carbocycles. The van der Waals surface area contributed by atoms with Gasteiger partial charge in [0.05, 0.1) is 24.8 Å². The molecule has 0 saturated carbocycles. The molecule has 1 saturated heterocycles. The van der Waals surface area contributed by atoms with Crippen LogP contribution in [0.4, 0.5) is 0 Å². The average molecular weight is 496 g/mol. The number of halogens is 1. The quantitative estimate of drug-likeness (QED) is 0.422. The molecule has 35 heavy (non-hydrogen) atoms.